The quantitative estimate of drug-likeness (QED) is 0.159. The molecule has 1 aliphatic heterocycles. The van der Waals surface area contributed by atoms with Gasteiger partial charge in [0.05, 0.1) is 11.5 Å². The second-order valence-corrected chi connectivity index (χ2v) is 13.0. The van der Waals surface area contributed by atoms with Crippen molar-refractivity contribution in [3.8, 4) is 11.1 Å². The standard InChI is InChI=1S/C30H35IN4O3S/c1-3-4-18-38-19-17-33-13-15-34(16-14-33)26-9-7-24(8-10-26)25-20-28-29(31)22-35(30(28)32-21-25)39(36,37)27-11-5-23(2)6-12-27/h5-12,20-22H,3-4,13-19H2,1-2H3. The van der Waals surface area contributed by atoms with Gasteiger partial charge in [-0.05, 0) is 71.8 Å². The Morgan fingerprint density at radius 2 is 1.67 bits per heavy atom. The Morgan fingerprint density at radius 3 is 2.36 bits per heavy atom. The summed E-state index contributed by atoms with van der Waals surface area (Å²) in [5.41, 5.74) is 4.69. The number of halogens is 1. The van der Waals surface area contributed by atoms with Crippen molar-refractivity contribution < 1.29 is 13.2 Å². The Kier molecular flexibility index (Phi) is 8.90. The molecule has 0 atom stereocenters. The first kappa shape index (κ1) is 28.1. The lowest BCUT2D eigenvalue weighted by atomic mass is 10.1. The highest BCUT2D eigenvalue weighted by Crippen LogP contribution is 2.31. The number of aryl methyl sites for hydroxylation is 1. The number of unbranched alkanes of at least 4 members (excludes halogenated alkanes) is 1. The molecule has 2 aromatic carbocycles. The number of aromatic nitrogens is 2. The van der Waals surface area contributed by atoms with Gasteiger partial charge in [0, 0.05) is 71.9 Å². The van der Waals surface area contributed by atoms with E-state index in [9.17, 15) is 8.42 Å². The van der Waals surface area contributed by atoms with Crippen LogP contribution in [0, 0.1) is 10.5 Å². The topological polar surface area (TPSA) is 67.7 Å². The van der Waals surface area contributed by atoms with E-state index >= 15 is 0 Å². The Balaban J connectivity index is 1.27. The average molecular weight is 659 g/mol. The van der Waals surface area contributed by atoms with Crippen LogP contribution in [0.4, 0.5) is 5.69 Å². The summed E-state index contributed by atoms with van der Waals surface area (Å²) in [5, 5.41) is 0.822. The molecular formula is C30H35IN4O3S. The van der Waals surface area contributed by atoms with Crippen molar-refractivity contribution in [2.24, 2.45) is 0 Å². The highest BCUT2D eigenvalue weighted by Gasteiger charge is 2.22. The molecule has 0 spiro atoms. The van der Waals surface area contributed by atoms with Gasteiger partial charge in [-0.15, -0.1) is 0 Å². The lowest BCUT2D eigenvalue weighted by Gasteiger charge is -2.36. The molecule has 9 heteroatoms. The van der Waals surface area contributed by atoms with Crippen LogP contribution in [0.1, 0.15) is 25.3 Å². The van der Waals surface area contributed by atoms with Crippen LogP contribution in [0.2, 0.25) is 0 Å². The highest BCUT2D eigenvalue weighted by molar-refractivity contribution is 14.1. The van der Waals surface area contributed by atoms with Gasteiger partial charge in [0.25, 0.3) is 10.0 Å². The molecule has 5 rings (SSSR count). The highest BCUT2D eigenvalue weighted by atomic mass is 127. The van der Waals surface area contributed by atoms with Crippen LogP contribution in [0.5, 0.6) is 0 Å². The van der Waals surface area contributed by atoms with Crippen LogP contribution in [-0.2, 0) is 14.8 Å². The minimum atomic E-state index is -3.74. The first-order valence-corrected chi connectivity index (χ1v) is 16.0. The van der Waals surface area contributed by atoms with Crippen LogP contribution in [0.3, 0.4) is 0 Å². The van der Waals surface area contributed by atoms with E-state index < -0.39 is 10.0 Å². The summed E-state index contributed by atoms with van der Waals surface area (Å²) in [4.78, 5) is 9.76. The van der Waals surface area contributed by atoms with Gasteiger partial charge in [0.15, 0.2) is 5.65 Å². The SMILES string of the molecule is CCCCOCCN1CCN(c2ccc(-c3cnc4c(c3)c(I)cn4S(=O)(=O)c3ccc(C)cc3)cc2)CC1. The molecule has 0 bridgehead atoms. The van der Waals surface area contributed by atoms with Crippen molar-refractivity contribution >= 4 is 49.3 Å². The summed E-state index contributed by atoms with van der Waals surface area (Å²) in [7, 11) is -3.74. The molecule has 0 N–H and O–H groups in total. The molecule has 1 aliphatic rings. The van der Waals surface area contributed by atoms with E-state index in [0.29, 0.717) is 5.65 Å². The number of ether oxygens (including phenoxy) is 1. The molecule has 0 unspecified atom stereocenters. The fraction of sp³-hybridized carbons (Fsp3) is 0.367. The van der Waals surface area contributed by atoms with Gasteiger partial charge in [0.1, 0.15) is 0 Å². The minimum absolute atomic E-state index is 0.254. The number of nitrogens with zero attached hydrogens (tertiary/aromatic N) is 4. The monoisotopic (exact) mass is 658 g/mol. The van der Waals surface area contributed by atoms with Crippen molar-refractivity contribution in [3.63, 3.8) is 0 Å². The zero-order valence-corrected chi connectivity index (χ0v) is 25.5. The Hall–Kier alpha value is -2.47. The molecule has 7 nitrogen and oxygen atoms in total. The molecule has 206 valence electrons. The summed E-state index contributed by atoms with van der Waals surface area (Å²) in [6.07, 6.45) is 5.72. The van der Waals surface area contributed by atoms with Crippen LogP contribution in [0.25, 0.3) is 22.2 Å². The zero-order chi connectivity index (χ0) is 27.4. The second kappa shape index (κ2) is 12.4. The van der Waals surface area contributed by atoms with Crippen molar-refractivity contribution in [2.45, 2.75) is 31.6 Å². The van der Waals surface area contributed by atoms with Crippen LogP contribution < -0.4 is 4.90 Å². The predicted octanol–water partition coefficient (Wildman–Crippen LogP) is 5.79. The number of benzene rings is 2. The van der Waals surface area contributed by atoms with Crippen LogP contribution >= 0.6 is 22.6 Å². The second-order valence-electron chi connectivity index (χ2n) is 10.0. The lowest BCUT2D eigenvalue weighted by molar-refractivity contribution is 0.0994. The molecule has 0 amide bonds. The van der Waals surface area contributed by atoms with Crippen molar-refractivity contribution in [2.75, 3.05) is 50.8 Å². The number of fused-ring (bicyclic) bond motifs is 1. The number of piperazine rings is 1. The summed E-state index contributed by atoms with van der Waals surface area (Å²) < 4.78 is 34.5. The average Bonchev–Trinajstić information content (AvgIpc) is 3.30. The van der Waals surface area contributed by atoms with Gasteiger partial charge in [-0.3, -0.25) is 4.90 Å². The fourth-order valence-corrected chi connectivity index (χ4v) is 7.03. The maximum absolute atomic E-state index is 13.3. The van der Waals surface area contributed by atoms with E-state index in [-0.39, 0.29) is 4.90 Å². The molecule has 2 aromatic heterocycles. The molecule has 39 heavy (non-hydrogen) atoms. The number of rotatable bonds is 10. The Bertz CT molecular complexity index is 1510. The first-order valence-electron chi connectivity index (χ1n) is 13.5. The molecule has 1 fully saturated rings. The Morgan fingerprint density at radius 1 is 0.949 bits per heavy atom. The number of pyridine rings is 1. The van der Waals surface area contributed by atoms with Crippen LogP contribution in [0.15, 0.2) is 71.9 Å². The molecule has 4 aromatic rings. The van der Waals surface area contributed by atoms with Crippen molar-refractivity contribution in [1.82, 2.24) is 13.9 Å². The normalized spacial score (nSPS) is 14.8. The molecule has 3 heterocycles. The van der Waals surface area contributed by atoms with Gasteiger partial charge >= 0.3 is 0 Å². The van der Waals surface area contributed by atoms with Gasteiger partial charge in [-0.1, -0.05) is 43.2 Å². The largest absolute Gasteiger partial charge is 0.380 e. The van der Waals surface area contributed by atoms with E-state index in [4.69, 9.17) is 4.74 Å². The van der Waals surface area contributed by atoms with Crippen molar-refractivity contribution in [1.29, 1.82) is 0 Å². The third-order valence-corrected chi connectivity index (χ3v) is 9.80. The zero-order valence-electron chi connectivity index (χ0n) is 22.5. The molecule has 0 saturated carbocycles. The Labute approximate surface area is 245 Å². The van der Waals surface area contributed by atoms with E-state index in [1.165, 1.54) is 16.1 Å². The fourth-order valence-electron chi connectivity index (χ4n) is 4.84. The van der Waals surface area contributed by atoms with E-state index in [1.807, 2.05) is 25.1 Å². The maximum Gasteiger partial charge on any atom is 0.269 e. The van der Waals surface area contributed by atoms with Crippen molar-refractivity contribution in [3.05, 3.63) is 76.1 Å². The molecule has 0 aliphatic carbocycles. The summed E-state index contributed by atoms with van der Waals surface area (Å²) in [6, 6.07) is 17.5. The summed E-state index contributed by atoms with van der Waals surface area (Å²) in [5.74, 6) is 0. The molecule has 0 radical (unpaired) electrons. The third-order valence-electron chi connectivity index (χ3n) is 7.27. The smallest absolute Gasteiger partial charge is 0.269 e. The minimum Gasteiger partial charge on any atom is -0.380 e. The van der Waals surface area contributed by atoms with Gasteiger partial charge in [-0.25, -0.2) is 17.4 Å². The first-order chi connectivity index (χ1) is 18.9. The number of anilines is 1. The predicted molar refractivity (Wildman–Crippen MR) is 166 cm³/mol. The molecular weight excluding hydrogens is 623 g/mol. The van der Waals surface area contributed by atoms with E-state index in [2.05, 4.69) is 68.6 Å². The number of hydrogen-bond acceptors (Lipinski definition) is 6. The summed E-state index contributed by atoms with van der Waals surface area (Å²) in [6.45, 7) is 10.9. The number of hydrogen-bond donors (Lipinski definition) is 0. The van der Waals surface area contributed by atoms with E-state index in [0.717, 1.165) is 78.0 Å². The lowest BCUT2D eigenvalue weighted by Crippen LogP contribution is -2.47. The summed E-state index contributed by atoms with van der Waals surface area (Å²) >= 11 is 2.19. The maximum atomic E-state index is 13.3. The third kappa shape index (κ3) is 6.32. The molecule has 1 saturated heterocycles. The van der Waals surface area contributed by atoms with Crippen LogP contribution in [-0.4, -0.2) is 68.2 Å². The van der Waals surface area contributed by atoms with Gasteiger partial charge < -0.3 is 9.64 Å². The van der Waals surface area contributed by atoms with E-state index in [1.54, 1.807) is 24.5 Å². The van der Waals surface area contributed by atoms with Gasteiger partial charge in [-0.2, -0.15) is 0 Å². The van der Waals surface area contributed by atoms with Gasteiger partial charge in [0.2, 0.25) is 0 Å².